The zero-order valence-corrected chi connectivity index (χ0v) is 10.3. The van der Waals surface area contributed by atoms with Crippen LogP contribution in [0.25, 0.3) is 0 Å². The Morgan fingerprint density at radius 3 is 2.58 bits per heavy atom. The Morgan fingerprint density at radius 1 is 1.25 bits per heavy atom. The molecule has 62 valence electrons. The van der Waals surface area contributed by atoms with Gasteiger partial charge in [0.05, 0.1) is 10.0 Å². The molecule has 0 spiro atoms. The lowest BCUT2D eigenvalue weighted by Crippen LogP contribution is -1.73. The number of hydrogen-bond donors (Lipinski definition) is 0. The van der Waals surface area contributed by atoms with Gasteiger partial charge in [-0.25, -0.2) is 0 Å². The molecule has 4 heteroatoms. The highest BCUT2D eigenvalue weighted by atomic mass is 127. The second-order valence-corrected chi connectivity index (χ2v) is 4.43. The van der Waals surface area contributed by atoms with E-state index in [1.165, 1.54) is 8.93 Å². The van der Waals surface area contributed by atoms with E-state index >= 15 is 0 Å². The average molecular weight is 329 g/mol. The average Bonchev–Trinajstić information content (AvgIpc) is 2.07. The third-order valence-corrected chi connectivity index (χ3v) is 2.73. The van der Waals surface area contributed by atoms with E-state index < -0.39 is 0 Å². The largest absolute Gasteiger partial charge is 0.0827 e. The predicted molar refractivity (Wildman–Crippen MR) is 65.0 cm³/mol. The summed E-state index contributed by atoms with van der Waals surface area (Å²) in [6.07, 6.45) is 0. The molecular weight excluding hydrogens is 326 g/mol. The van der Waals surface area contributed by atoms with Gasteiger partial charge in [0.15, 0.2) is 0 Å². The van der Waals surface area contributed by atoms with Crippen molar-refractivity contribution in [1.29, 1.82) is 0 Å². The van der Waals surface area contributed by atoms with E-state index in [-0.39, 0.29) is 0 Å². The minimum absolute atomic E-state index is 0.543. The summed E-state index contributed by atoms with van der Waals surface area (Å²) >= 11 is 13.6. The van der Waals surface area contributed by atoms with Gasteiger partial charge in [-0.15, -0.1) is 0 Å². The molecule has 0 N–H and O–H groups in total. The van der Waals surface area contributed by atoms with Crippen molar-refractivity contribution in [3.8, 4) is 11.2 Å². The Balaban J connectivity index is 2.97. The van der Waals surface area contributed by atoms with Crippen LogP contribution >= 0.6 is 53.3 Å². The summed E-state index contributed by atoms with van der Waals surface area (Å²) < 4.78 is 0. The molecule has 0 fully saturated rings. The molecule has 0 aliphatic heterocycles. The van der Waals surface area contributed by atoms with Crippen LogP contribution in [0, 0.1) is 11.2 Å². The summed E-state index contributed by atoms with van der Waals surface area (Å²) in [5.41, 5.74) is 0.883. The molecule has 0 unspecified atom stereocenters. The number of halogens is 3. The minimum atomic E-state index is 0.543. The van der Waals surface area contributed by atoms with Gasteiger partial charge in [0.1, 0.15) is 0 Å². The van der Waals surface area contributed by atoms with Crippen molar-refractivity contribution < 1.29 is 0 Å². The SMILES string of the molecule is Clc1ccc(C#CSI)cc1Cl. The van der Waals surface area contributed by atoms with Crippen molar-refractivity contribution in [2.24, 2.45) is 0 Å². The fraction of sp³-hybridized carbons (Fsp3) is 0. The van der Waals surface area contributed by atoms with Crippen LogP contribution in [0.5, 0.6) is 0 Å². The number of hydrogen-bond acceptors (Lipinski definition) is 1. The maximum Gasteiger partial charge on any atom is 0.0604 e. The third kappa shape index (κ3) is 3.06. The lowest BCUT2D eigenvalue weighted by molar-refractivity contribution is 1.65. The zero-order valence-electron chi connectivity index (χ0n) is 5.77. The molecule has 0 heterocycles. The van der Waals surface area contributed by atoms with Gasteiger partial charge in [0.25, 0.3) is 0 Å². The molecule has 0 atom stereocenters. The molecular formula is C8H3Cl2IS. The normalized spacial score (nSPS) is 8.92. The fourth-order valence-electron chi connectivity index (χ4n) is 0.652. The van der Waals surface area contributed by atoms with Crippen molar-refractivity contribution in [3.05, 3.63) is 33.8 Å². The second kappa shape index (κ2) is 5.23. The van der Waals surface area contributed by atoms with E-state index in [2.05, 4.69) is 32.4 Å². The smallest absolute Gasteiger partial charge is 0.0604 e. The van der Waals surface area contributed by atoms with E-state index in [0.29, 0.717) is 10.0 Å². The van der Waals surface area contributed by atoms with Gasteiger partial charge in [-0.1, -0.05) is 29.1 Å². The first kappa shape index (κ1) is 10.5. The summed E-state index contributed by atoms with van der Waals surface area (Å²) in [5.74, 6) is 2.92. The molecule has 1 rings (SSSR count). The quantitative estimate of drug-likeness (QED) is 0.503. The summed E-state index contributed by atoms with van der Waals surface area (Å²) in [6, 6.07) is 5.34. The molecule has 0 saturated carbocycles. The van der Waals surface area contributed by atoms with Crippen molar-refractivity contribution in [1.82, 2.24) is 0 Å². The molecule has 0 aliphatic carbocycles. The van der Waals surface area contributed by atoms with Crippen LogP contribution in [0.3, 0.4) is 0 Å². The van der Waals surface area contributed by atoms with Crippen molar-refractivity contribution in [2.45, 2.75) is 0 Å². The highest BCUT2D eigenvalue weighted by Gasteiger charge is 1.95. The van der Waals surface area contributed by atoms with Crippen molar-refractivity contribution in [2.75, 3.05) is 0 Å². The molecule has 0 radical (unpaired) electrons. The molecule has 0 aromatic heterocycles. The van der Waals surface area contributed by atoms with Crippen LogP contribution in [0.2, 0.25) is 10.0 Å². The molecule has 0 nitrogen and oxygen atoms in total. The third-order valence-electron chi connectivity index (χ3n) is 1.15. The Kier molecular flexibility index (Phi) is 4.59. The van der Waals surface area contributed by atoms with E-state index in [1.807, 2.05) is 6.07 Å². The molecule has 1 aromatic carbocycles. The lowest BCUT2D eigenvalue weighted by Gasteiger charge is -1.94. The standard InChI is InChI=1S/C8H3Cl2IS/c9-7-2-1-6(3-4-12-11)5-8(7)10/h1-2,5H. The topological polar surface area (TPSA) is 0 Å². The summed E-state index contributed by atoms with van der Waals surface area (Å²) in [5, 5.41) is 3.97. The second-order valence-electron chi connectivity index (χ2n) is 1.93. The Hall–Kier alpha value is 0.440. The molecule has 0 saturated heterocycles. The van der Waals surface area contributed by atoms with Crippen LogP contribution in [0.1, 0.15) is 5.56 Å². The Morgan fingerprint density at radius 2 is 2.00 bits per heavy atom. The zero-order chi connectivity index (χ0) is 8.97. The predicted octanol–water partition coefficient (Wildman–Crippen LogP) is 4.39. The van der Waals surface area contributed by atoms with Gasteiger partial charge in [0.2, 0.25) is 0 Å². The van der Waals surface area contributed by atoms with Gasteiger partial charge in [-0.2, -0.15) is 0 Å². The molecule has 0 aliphatic rings. The van der Waals surface area contributed by atoms with Crippen LogP contribution < -0.4 is 0 Å². The summed E-state index contributed by atoms with van der Waals surface area (Å²) in [4.78, 5) is 0. The summed E-state index contributed by atoms with van der Waals surface area (Å²) in [7, 11) is 1.44. The molecule has 0 bridgehead atoms. The van der Waals surface area contributed by atoms with Crippen molar-refractivity contribution in [3.63, 3.8) is 0 Å². The van der Waals surface area contributed by atoms with Crippen LogP contribution in [-0.4, -0.2) is 0 Å². The number of rotatable bonds is 0. The van der Waals surface area contributed by atoms with Crippen molar-refractivity contribution >= 4 is 53.3 Å². The van der Waals surface area contributed by atoms with Gasteiger partial charge in [0, 0.05) is 26.8 Å². The van der Waals surface area contributed by atoms with E-state index in [1.54, 1.807) is 12.1 Å². The number of benzene rings is 1. The Labute approximate surface area is 97.6 Å². The van der Waals surface area contributed by atoms with Gasteiger partial charge in [-0.3, -0.25) is 0 Å². The first-order chi connectivity index (χ1) is 5.74. The highest BCUT2D eigenvalue weighted by molar-refractivity contribution is 14.2. The monoisotopic (exact) mass is 328 g/mol. The first-order valence-corrected chi connectivity index (χ1v) is 7.09. The van der Waals surface area contributed by atoms with Gasteiger partial charge < -0.3 is 0 Å². The van der Waals surface area contributed by atoms with E-state index in [0.717, 1.165) is 5.56 Å². The minimum Gasteiger partial charge on any atom is -0.0827 e. The fourth-order valence-corrected chi connectivity index (χ4v) is 1.44. The maximum atomic E-state index is 5.78. The molecule has 0 amide bonds. The summed E-state index contributed by atoms with van der Waals surface area (Å²) in [6.45, 7) is 0. The van der Waals surface area contributed by atoms with E-state index in [9.17, 15) is 0 Å². The Bertz CT molecular complexity index is 341. The first-order valence-electron chi connectivity index (χ1n) is 2.97. The van der Waals surface area contributed by atoms with Gasteiger partial charge in [-0.05, 0) is 32.4 Å². The molecule has 12 heavy (non-hydrogen) atoms. The van der Waals surface area contributed by atoms with Gasteiger partial charge >= 0.3 is 0 Å². The van der Waals surface area contributed by atoms with Crippen LogP contribution in [0.15, 0.2) is 18.2 Å². The highest BCUT2D eigenvalue weighted by Crippen LogP contribution is 2.22. The lowest BCUT2D eigenvalue weighted by atomic mass is 10.2. The maximum absolute atomic E-state index is 5.78. The van der Waals surface area contributed by atoms with Crippen LogP contribution in [0.4, 0.5) is 0 Å². The van der Waals surface area contributed by atoms with Crippen LogP contribution in [-0.2, 0) is 0 Å². The molecule has 1 aromatic rings. The van der Waals surface area contributed by atoms with E-state index in [4.69, 9.17) is 23.2 Å².